The zero-order chi connectivity index (χ0) is 15.5. The molecule has 8 heteroatoms. The number of nitrogens with one attached hydrogen (secondary N) is 1. The van der Waals surface area contributed by atoms with Crippen LogP contribution in [0.4, 0.5) is 5.69 Å². The van der Waals surface area contributed by atoms with Gasteiger partial charge >= 0.3 is 5.97 Å². The molecule has 1 heterocycles. The lowest BCUT2D eigenvalue weighted by Crippen LogP contribution is -2.49. The first-order chi connectivity index (χ1) is 10.1. The number of carboxylic acid groups (broad SMARTS) is 1. The number of hydrogen-bond donors (Lipinski definition) is 5. The van der Waals surface area contributed by atoms with Gasteiger partial charge in [0.25, 0.3) is 0 Å². The SMILES string of the molecule is O=C(O)c1nnc2ccccc2c1NC(CO)(CO)CO. The second kappa shape index (κ2) is 6.00. The molecule has 112 valence electrons. The highest BCUT2D eigenvalue weighted by Crippen LogP contribution is 2.27. The Balaban J connectivity index is 2.64. The number of carbonyl (C=O) groups is 1. The quantitative estimate of drug-likeness (QED) is 0.479. The minimum Gasteiger partial charge on any atom is -0.476 e. The summed E-state index contributed by atoms with van der Waals surface area (Å²) >= 11 is 0. The number of benzene rings is 1. The molecule has 5 N–H and O–H groups in total. The number of anilines is 1. The summed E-state index contributed by atoms with van der Waals surface area (Å²) in [5, 5.41) is 47.9. The Morgan fingerprint density at radius 2 is 1.71 bits per heavy atom. The third-order valence-electron chi connectivity index (χ3n) is 3.17. The van der Waals surface area contributed by atoms with E-state index in [9.17, 15) is 25.2 Å². The van der Waals surface area contributed by atoms with Crippen molar-refractivity contribution < 1.29 is 25.2 Å². The van der Waals surface area contributed by atoms with Gasteiger partial charge in [-0.1, -0.05) is 18.2 Å². The number of aromatic nitrogens is 2. The summed E-state index contributed by atoms with van der Waals surface area (Å²) in [4.78, 5) is 11.3. The third kappa shape index (κ3) is 2.77. The van der Waals surface area contributed by atoms with Crippen molar-refractivity contribution in [2.45, 2.75) is 5.54 Å². The molecule has 0 saturated heterocycles. The number of nitrogens with zero attached hydrogens (tertiary/aromatic N) is 2. The molecular weight excluding hydrogens is 278 g/mol. The summed E-state index contributed by atoms with van der Waals surface area (Å²) in [6.45, 7) is -1.76. The van der Waals surface area contributed by atoms with Gasteiger partial charge in [0.1, 0.15) is 5.54 Å². The Morgan fingerprint density at radius 3 is 2.29 bits per heavy atom. The first-order valence-corrected chi connectivity index (χ1v) is 6.16. The molecule has 0 bridgehead atoms. The van der Waals surface area contributed by atoms with Crippen LogP contribution in [0.2, 0.25) is 0 Å². The molecule has 0 spiro atoms. The van der Waals surface area contributed by atoms with Crippen LogP contribution in [0.5, 0.6) is 0 Å². The number of aliphatic hydroxyl groups is 3. The van der Waals surface area contributed by atoms with Gasteiger partial charge in [0.2, 0.25) is 0 Å². The van der Waals surface area contributed by atoms with E-state index in [1.165, 1.54) is 0 Å². The van der Waals surface area contributed by atoms with Crippen molar-refractivity contribution in [3.8, 4) is 0 Å². The predicted octanol–water partition coefficient (Wildman–Crippen LogP) is -0.544. The van der Waals surface area contributed by atoms with Crippen LogP contribution in [0, 0.1) is 0 Å². The Labute approximate surface area is 119 Å². The van der Waals surface area contributed by atoms with Crippen molar-refractivity contribution in [3.63, 3.8) is 0 Å². The maximum Gasteiger partial charge on any atom is 0.358 e. The van der Waals surface area contributed by atoms with E-state index < -0.39 is 31.3 Å². The molecule has 1 aromatic carbocycles. The fourth-order valence-electron chi connectivity index (χ4n) is 1.86. The van der Waals surface area contributed by atoms with Crippen molar-refractivity contribution in [2.24, 2.45) is 0 Å². The van der Waals surface area contributed by atoms with Crippen LogP contribution in [0.25, 0.3) is 10.9 Å². The summed E-state index contributed by atoms with van der Waals surface area (Å²) < 4.78 is 0. The molecule has 2 rings (SSSR count). The van der Waals surface area contributed by atoms with E-state index in [4.69, 9.17) is 0 Å². The summed E-state index contributed by atoms with van der Waals surface area (Å²) in [5.41, 5.74) is -1.28. The van der Waals surface area contributed by atoms with Gasteiger partial charge in [-0.3, -0.25) is 0 Å². The summed E-state index contributed by atoms with van der Waals surface area (Å²) in [6, 6.07) is 6.70. The van der Waals surface area contributed by atoms with Crippen LogP contribution in [-0.4, -0.2) is 62.0 Å². The van der Waals surface area contributed by atoms with Gasteiger partial charge < -0.3 is 25.7 Å². The smallest absolute Gasteiger partial charge is 0.358 e. The monoisotopic (exact) mass is 293 g/mol. The van der Waals surface area contributed by atoms with Crippen LogP contribution >= 0.6 is 0 Å². The van der Waals surface area contributed by atoms with Crippen molar-refractivity contribution >= 4 is 22.6 Å². The molecule has 0 aliphatic rings. The zero-order valence-corrected chi connectivity index (χ0v) is 11.0. The minimum absolute atomic E-state index is 0.0882. The average molecular weight is 293 g/mol. The van der Waals surface area contributed by atoms with E-state index in [0.29, 0.717) is 10.9 Å². The number of rotatable bonds is 6. The van der Waals surface area contributed by atoms with Crippen LogP contribution in [-0.2, 0) is 0 Å². The van der Waals surface area contributed by atoms with Gasteiger partial charge in [-0.2, -0.15) is 0 Å². The molecule has 1 aromatic heterocycles. The molecule has 0 atom stereocenters. The fraction of sp³-hybridized carbons (Fsp3) is 0.308. The number of hydrogen-bond acceptors (Lipinski definition) is 7. The van der Waals surface area contributed by atoms with E-state index in [2.05, 4.69) is 15.5 Å². The highest BCUT2D eigenvalue weighted by molar-refractivity contribution is 6.02. The van der Waals surface area contributed by atoms with Crippen LogP contribution in [0.3, 0.4) is 0 Å². The molecule has 0 radical (unpaired) electrons. The summed E-state index contributed by atoms with van der Waals surface area (Å²) in [7, 11) is 0. The van der Waals surface area contributed by atoms with Crippen LogP contribution in [0.1, 0.15) is 10.5 Å². The van der Waals surface area contributed by atoms with E-state index in [1.54, 1.807) is 24.3 Å². The lowest BCUT2D eigenvalue weighted by Gasteiger charge is -2.30. The number of fused-ring (bicyclic) bond motifs is 1. The van der Waals surface area contributed by atoms with E-state index >= 15 is 0 Å². The van der Waals surface area contributed by atoms with Gasteiger partial charge in [-0.05, 0) is 6.07 Å². The number of aromatic carboxylic acids is 1. The Bertz CT molecular complexity index is 649. The maximum atomic E-state index is 11.3. The second-order valence-corrected chi connectivity index (χ2v) is 4.63. The first kappa shape index (κ1) is 15.1. The highest BCUT2D eigenvalue weighted by Gasteiger charge is 2.31. The fourth-order valence-corrected chi connectivity index (χ4v) is 1.86. The van der Waals surface area contributed by atoms with Crippen molar-refractivity contribution in [1.29, 1.82) is 0 Å². The second-order valence-electron chi connectivity index (χ2n) is 4.63. The molecule has 0 unspecified atom stereocenters. The molecule has 0 aliphatic heterocycles. The standard InChI is InChI=1S/C13H15N3O5/c17-5-13(6-18,7-19)14-10-8-3-1-2-4-9(8)15-16-11(10)12(20)21/h1-4,17-19H,5-7H2,(H,14,15)(H,20,21). The normalized spacial score (nSPS) is 11.6. The largest absolute Gasteiger partial charge is 0.476 e. The molecule has 0 amide bonds. The van der Waals surface area contributed by atoms with E-state index in [1.807, 2.05) is 0 Å². The Morgan fingerprint density at radius 1 is 1.10 bits per heavy atom. The molecule has 8 nitrogen and oxygen atoms in total. The molecular formula is C13H15N3O5. The third-order valence-corrected chi connectivity index (χ3v) is 3.17. The highest BCUT2D eigenvalue weighted by atomic mass is 16.4. The minimum atomic E-state index is -1.46. The van der Waals surface area contributed by atoms with E-state index in [-0.39, 0.29) is 11.4 Å². The molecule has 0 fully saturated rings. The Kier molecular flexibility index (Phi) is 4.32. The van der Waals surface area contributed by atoms with Gasteiger partial charge in [0.05, 0.1) is 31.0 Å². The van der Waals surface area contributed by atoms with Gasteiger partial charge in [-0.25, -0.2) is 4.79 Å². The van der Waals surface area contributed by atoms with Gasteiger partial charge in [0.15, 0.2) is 5.69 Å². The lowest BCUT2D eigenvalue weighted by molar-refractivity contribution is 0.0685. The van der Waals surface area contributed by atoms with Crippen molar-refractivity contribution in [2.75, 3.05) is 25.1 Å². The number of aliphatic hydroxyl groups excluding tert-OH is 3. The summed E-state index contributed by atoms with van der Waals surface area (Å²) in [5.74, 6) is -1.31. The van der Waals surface area contributed by atoms with Crippen LogP contribution < -0.4 is 5.32 Å². The molecule has 2 aromatic rings. The topological polar surface area (TPSA) is 136 Å². The zero-order valence-electron chi connectivity index (χ0n) is 11.0. The van der Waals surface area contributed by atoms with E-state index in [0.717, 1.165) is 0 Å². The first-order valence-electron chi connectivity index (χ1n) is 6.16. The predicted molar refractivity (Wildman–Crippen MR) is 74.1 cm³/mol. The lowest BCUT2D eigenvalue weighted by atomic mass is 10.0. The van der Waals surface area contributed by atoms with Gasteiger partial charge in [0, 0.05) is 5.39 Å². The molecule has 0 saturated carbocycles. The number of carboxylic acids is 1. The van der Waals surface area contributed by atoms with Crippen LogP contribution in [0.15, 0.2) is 24.3 Å². The average Bonchev–Trinajstić information content (AvgIpc) is 2.52. The molecule has 21 heavy (non-hydrogen) atoms. The maximum absolute atomic E-state index is 11.3. The summed E-state index contributed by atoms with van der Waals surface area (Å²) in [6.07, 6.45) is 0. The Hall–Kier alpha value is -2.29. The van der Waals surface area contributed by atoms with Crippen molar-refractivity contribution in [3.05, 3.63) is 30.0 Å². The molecule has 0 aliphatic carbocycles. The van der Waals surface area contributed by atoms with Crippen molar-refractivity contribution in [1.82, 2.24) is 10.2 Å². The van der Waals surface area contributed by atoms with Gasteiger partial charge in [-0.15, -0.1) is 10.2 Å².